The average Bonchev–Trinajstić information content (AvgIpc) is 2.75. The summed E-state index contributed by atoms with van der Waals surface area (Å²) >= 11 is 9.52. The fourth-order valence-corrected chi connectivity index (χ4v) is 4.44. The first-order chi connectivity index (χ1) is 14.1. The maximum absolute atomic E-state index is 13.2. The molecule has 4 nitrogen and oxygen atoms in total. The van der Waals surface area contributed by atoms with Crippen LogP contribution < -0.4 is 9.47 Å². The molecular weight excluding hydrogens is 454 g/mol. The Balaban J connectivity index is 1.49. The van der Waals surface area contributed by atoms with E-state index < -0.39 is 0 Å². The molecule has 1 fully saturated rings. The summed E-state index contributed by atoms with van der Waals surface area (Å²) in [5.41, 5.74) is 0.579. The Morgan fingerprint density at radius 1 is 1.07 bits per heavy atom. The lowest BCUT2D eigenvalue weighted by Crippen LogP contribution is -2.41. The van der Waals surface area contributed by atoms with Gasteiger partial charge in [0.2, 0.25) is 0 Å². The molecule has 0 spiro atoms. The molecule has 6 heteroatoms. The van der Waals surface area contributed by atoms with E-state index in [2.05, 4.69) is 15.9 Å². The van der Waals surface area contributed by atoms with Gasteiger partial charge in [0.15, 0.2) is 0 Å². The number of fused-ring (bicyclic) bond motifs is 1. The zero-order valence-electron chi connectivity index (χ0n) is 16.0. The summed E-state index contributed by atoms with van der Waals surface area (Å²) < 4.78 is 12.6. The number of hydrogen-bond donors (Lipinski definition) is 0. The third-order valence-electron chi connectivity index (χ3n) is 5.22. The molecule has 0 aliphatic carbocycles. The molecule has 29 heavy (non-hydrogen) atoms. The molecule has 1 aliphatic rings. The van der Waals surface area contributed by atoms with Crippen molar-refractivity contribution in [1.29, 1.82) is 0 Å². The first-order valence-electron chi connectivity index (χ1n) is 9.53. The summed E-state index contributed by atoms with van der Waals surface area (Å²) in [7, 11) is 1.61. The molecular formula is C23H21BrClNO3. The predicted octanol–water partition coefficient (Wildman–Crippen LogP) is 5.95. The van der Waals surface area contributed by atoms with Gasteiger partial charge in [0.05, 0.1) is 12.7 Å². The molecule has 0 N–H and O–H groups in total. The van der Waals surface area contributed by atoms with Crippen molar-refractivity contribution in [2.75, 3.05) is 20.2 Å². The van der Waals surface area contributed by atoms with E-state index in [1.54, 1.807) is 7.11 Å². The minimum absolute atomic E-state index is 0.0155. The van der Waals surface area contributed by atoms with Crippen molar-refractivity contribution < 1.29 is 14.3 Å². The van der Waals surface area contributed by atoms with E-state index in [1.165, 1.54) is 0 Å². The Bertz CT molecular complexity index is 1030. The maximum Gasteiger partial charge on any atom is 0.257 e. The van der Waals surface area contributed by atoms with Gasteiger partial charge in [0, 0.05) is 40.8 Å². The van der Waals surface area contributed by atoms with Crippen LogP contribution >= 0.6 is 27.5 Å². The average molecular weight is 475 g/mol. The van der Waals surface area contributed by atoms with Gasteiger partial charge < -0.3 is 14.4 Å². The van der Waals surface area contributed by atoms with E-state index in [1.807, 2.05) is 59.5 Å². The molecule has 4 rings (SSSR count). The van der Waals surface area contributed by atoms with Crippen LogP contribution in [0.2, 0.25) is 5.02 Å². The van der Waals surface area contributed by atoms with Gasteiger partial charge in [-0.3, -0.25) is 4.79 Å². The van der Waals surface area contributed by atoms with Crippen molar-refractivity contribution in [2.24, 2.45) is 0 Å². The third-order valence-corrected chi connectivity index (χ3v) is 6.13. The standard InChI is InChI=1S/C23H21BrClNO3/c1-28-22-19-5-3-2-4-18(19)21(24)14-20(22)23(27)26-12-10-17(11-13-26)29-16-8-6-15(25)7-9-16/h2-9,14,17H,10-13H2,1H3. The second-order valence-electron chi connectivity index (χ2n) is 7.05. The molecule has 0 saturated carbocycles. The summed E-state index contributed by atoms with van der Waals surface area (Å²) in [6, 6.07) is 17.1. The maximum atomic E-state index is 13.2. The Morgan fingerprint density at radius 2 is 1.72 bits per heavy atom. The smallest absolute Gasteiger partial charge is 0.257 e. The number of carbonyl (C=O) groups is 1. The van der Waals surface area contributed by atoms with Crippen molar-refractivity contribution in [1.82, 2.24) is 4.90 Å². The number of nitrogens with zero attached hydrogens (tertiary/aromatic N) is 1. The highest BCUT2D eigenvalue weighted by molar-refractivity contribution is 9.10. The van der Waals surface area contributed by atoms with Gasteiger partial charge >= 0.3 is 0 Å². The summed E-state index contributed by atoms with van der Waals surface area (Å²) in [5.74, 6) is 1.41. The van der Waals surface area contributed by atoms with E-state index in [0.29, 0.717) is 29.4 Å². The van der Waals surface area contributed by atoms with Gasteiger partial charge in [-0.15, -0.1) is 0 Å². The number of ether oxygens (including phenoxy) is 2. The molecule has 1 heterocycles. The lowest BCUT2D eigenvalue weighted by molar-refractivity contribution is 0.0593. The van der Waals surface area contributed by atoms with Crippen LogP contribution in [-0.2, 0) is 0 Å². The van der Waals surface area contributed by atoms with Crippen LogP contribution in [0.15, 0.2) is 59.1 Å². The van der Waals surface area contributed by atoms with Crippen molar-refractivity contribution >= 4 is 44.2 Å². The Kier molecular flexibility index (Phi) is 5.97. The second-order valence-corrected chi connectivity index (χ2v) is 8.34. The third kappa shape index (κ3) is 4.21. The Morgan fingerprint density at radius 3 is 2.38 bits per heavy atom. The van der Waals surface area contributed by atoms with Crippen LogP contribution in [0.4, 0.5) is 0 Å². The van der Waals surface area contributed by atoms with E-state index in [0.717, 1.165) is 33.8 Å². The SMILES string of the molecule is COc1c(C(=O)N2CCC(Oc3ccc(Cl)cc3)CC2)cc(Br)c2ccccc12. The molecule has 1 aliphatic heterocycles. The van der Waals surface area contributed by atoms with Crippen molar-refractivity contribution in [3.05, 3.63) is 69.7 Å². The molecule has 0 aromatic heterocycles. The summed E-state index contributed by atoms with van der Waals surface area (Å²) in [4.78, 5) is 15.1. The van der Waals surface area contributed by atoms with Gasteiger partial charge in [-0.25, -0.2) is 0 Å². The van der Waals surface area contributed by atoms with Crippen LogP contribution in [0, 0.1) is 0 Å². The second kappa shape index (κ2) is 8.64. The highest BCUT2D eigenvalue weighted by Gasteiger charge is 2.27. The molecule has 1 amide bonds. The number of piperidine rings is 1. The minimum Gasteiger partial charge on any atom is -0.495 e. The quantitative estimate of drug-likeness (QED) is 0.469. The number of carbonyl (C=O) groups excluding carboxylic acids is 1. The van der Waals surface area contributed by atoms with Crippen molar-refractivity contribution in [3.8, 4) is 11.5 Å². The van der Waals surface area contributed by atoms with Crippen LogP contribution in [0.3, 0.4) is 0 Å². The fourth-order valence-electron chi connectivity index (χ4n) is 3.74. The highest BCUT2D eigenvalue weighted by Crippen LogP contribution is 2.36. The topological polar surface area (TPSA) is 38.8 Å². The van der Waals surface area contributed by atoms with E-state index in [-0.39, 0.29) is 12.0 Å². The van der Waals surface area contributed by atoms with E-state index in [4.69, 9.17) is 21.1 Å². The van der Waals surface area contributed by atoms with Gasteiger partial charge in [0.25, 0.3) is 5.91 Å². The zero-order valence-corrected chi connectivity index (χ0v) is 18.4. The predicted molar refractivity (Wildman–Crippen MR) is 119 cm³/mol. The first kappa shape index (κ1) is 20.0. The largest absolute Gasteiger partial charge is 0.495 e. The molecule has 3 aromatic rings. The number of benzene rings is 3. The molecule has 0 unspecified atom stereocenters. The number of rotatable bonds is 4. The number of halogens is 2. The van der Waals surface area contributed by atoms with Gasteiger partial charge in [-0.2, -0.15) is 0 Å². The molecule has 0 bridgehead atoms. The number of methoxy groups -OCH3 is 1. The Labute approximate surface area is 183 Å². The van der Waals surface area contributed by atoms with Gasteiger partial charge in [-0.1, -0.05) is 51.8 Å². The molecule has 150 valence electrons. The number of likely N-dealkylation sites (tertiary alicyclic amines) is 1. The van der Waals surface area contributed by atoms with Crippen LogP contribution in [-0.4, -0.2) is 37.1 Å². The molecule has 1 saturated heterocycles. The molecule has 3 aromatic carbocycles. The normalized spacial score (nSPS) is 14.8. The molecule has 0 radical (unpaired) electrons. The molecule has 0 atom stereocenters. The summed E-state index contributed by atoms with van der Waals surface area (Å²) in [5, 5.41) is 2.64. The van der Waals surface area contributed by atoms with Gasteiger partial charge in [0.1, 0.15) is 17.6 Å². The van der Waals surface area contributed by atoms with Crippen LogP contribution in [0.1, 0.15) is 23.2 Å². The Hall–Kier alpha value is -2.24. The lowest BCUT2D eigenvalue weighted by atomic mass is 10.0. The minimum atomic E-state index is -0.0155. The van der Waals surface area contributed by atoms with Crippen molar-refractivity contribution in [3.63, 3.8) is 0 Å². The van der Waals surface area contributed by atoms with E-state index >= 15 is 0 Å². The summed E-state index contributed by atoms with van der Waals surface area (Å²) in [6.45, 7) is 1.29. The highest BCUT2D eigenvalue weighted by atomic mass is 79.9. The monoisotopic (exact) mass is 473 g/mol. The summed E-state index contributed by atoms with van der Waals surface area (Å²) in [6.07, 6.45) is 1.65. The number of amides is 1. The number of hydrogen-bond acceptors (Lipinski definition) is 3. The van der Waals surface area contributed by atoms with Crippen molar-refractivity contribution in [2.45, 2.75) is 18.9 Å². The zero-order chi connectivity index (χ0) is 20.4. The van der Waals surface area contributed by atoms with Crippen LogP contribution in [0.25, 0.3) is 10.8 Å². The first-order valence-corrected chi connectivity index (χ1v) is 10.7. The fraction of sp³-hybridized carbons (Fsp3) is 0.261. The lowest BCUT2D eigenvalue weighted by Gasteiger charge is -2.32. The van der Waals surface area contributed by atoms with Gasteiger partial charge in [-0.05, 0) is 35.7 Å². The van der Waals surface area contributed by atoms with E-state index in [9.17, 15) is 4.79 Å². The van der Waals surface area contributed by atoms with Crippen LogP contribution in [0.5, 0.6) is 11.5 Å².